The van der Waals surface area contributed by atoms with E-state index >= 15 is 0 Å². The van der Waals surface area contributed by atoms with Crippen molar-refractivity contribution in [3.63, 3.8) is 0 Å². The van der Waals surface area contributed by atoms with Crippen molar-refractivity contribution in [2.75, 3.05) is 26.5 Å². The van der Waals surface area contributed by atoms with Gasteiger partial charge in [-0.25, -0.2) is 0 Å². The van der Waals surface area contributed by atoms with Gasteiger partial charge in [-0.3, -0.25) is 9.59 Å². The molecule has 0 unspecified atom stereocenters. The Morgan fingerprint density at radius 1 is 1.36 bits per heavy atom. The predicted molar refractivity (Wildman–Crippen MR) is 97.2 cm³/mol. The molecule has 1 fully saturated rings. The Bertz CT molecular complexity index is 692. The zero-order chi connectivity index (χ0) is 18.1. The van der Waals surface area contributed by atoms with Gasteiger partial charge in [0.15, 0.2) is 11.5 Å². The maximum atomic E-state index is 13.0. The average molecular weight is 364 g/mol. The van der Waals surface area contributed by atoms with Crippen molar-refractivity contribution in [1.29, 1.82) is 0 Å². The fraction of sp³-hybridized carbons (Fsp3) is 0.556. The Hall–Kier alpha value is -1.89. The molecule has 2 aliphatic heterocycles. The van der Waals surface area contributed by atoms with E-state index < -0.39 is 6.04 Å². The van der Waals surface area contributed by atoms with Crippen molar-refractivity contribution in [2.24, 2.45) is 5.92 Å². The molecule has 1 aromatic rings. The van der Waals surface area contributed by atoms with Crippen LogP contribution in [0.25, 0.3) is 0 Å². The molecule has 0 spiro atoms. The first-order valence-electron chi connectivity index (χ1n) is 8.46. The number of fused-ring (bicyclic) bond motifs is 3. The van der Waals surface area contributed by atoms with Crippen LogP contribution in [0.2, 0.25) is 0 Å². The summed E-state index contributed by atoms with van der Waals surface area (Å²) in [5, 5.41) is 2.83. The van der Waals surface area contributed by atoms with Crippen molar-refractivity contribution >= 4 is 23.6 Å². The topological polar surface area (TPSA) is 67.9 Å². The maximum absolute atomic E-state index is 13.0. The highest BCUT2D eigenvalue weighted by molar-refractivity contribution is 7.99. The molecule has 0 radical (unpaired) electrons. The highest BCUT2D eigenvalue weighted by atomic mass is 32.2. The molecule has 6 nitrogen and oxygen atoms in total. The van der Waals surface area contributed by atoms with Gasteiger partial charge < -0.3 is 19.7 Å². The zero-order valence-electron chi connectivity index (χ0n) is 15.0. The first kappa shape index (κ1) is 17.9. The number of hydrogen-bond acceptors (Lipinski definition) is 5. The minimum Gasteiger partial charge on any atom is -0.493 e. The third-order valence-electron chi connectivity index (χ3n) is 4.62. The number of carbonyl (C=O) groups is 2. The zero-order valence-corrected chi connectivity index (χ0v) is 15.8. The van der Waals surface area contributed by atoms with E-state index in [1.807, 2.05) is 12.1 Å². The minimum absolute atomic E-state index is 0.0808. The first-order valence-corrected chi connectivity index (χ1v) is 9.51. The lowest BCUT2D eigenvalue weighted by molar-refractivity contribution is -0.124. The minimum atomic E-state index is -0.447. The van der Waals surface area contributed by atoms with Crippen LogP contribution in [0.3, 0.4) is 0 Å². The Morgan fingerprint density at radius 3 is 2.76 bits per heavy atom. The number of nitrogens with one attached hydrogen (secondary N) is 1. The van der Waals surface area contributed by atoms with Crippen molar-refractivity contribution in [2.45, 2.75) is 31.7 Å². The van der Waals surface area contributed by atoms with Crippen LogP contribution in [-0.2, 0) is 4.79 Å². The third-order valence-corrected chi connectivity index (χ3v) is 5.92. The van der Waals surface area contributed by atoms with Gasteiger partial charge in [0.05, 0.1) is 19.8 Å². The first-order chi connectivity index (χ1) is 12.0. The summed E-state index contributed by atoms with van der Waals surface area (Å²) in [5.41, 5.74) is 1.41. The Morgan fingerprint density at radius 2 is 2.12 bits per heavy atom. The van der Waals surface area contributed by atoms with E-state index in [1.165, 1.54) is 7.11 Å². The summed E-state index contributed by atoms with van der Waals surface area (Å²) in [7, 11) is 3.07. The number of benzene rings is 1. The van der Waals surface area contributed by atoms with E-state index in [1.54, 1.807) is 23.8 Å². The van der Waals surface area contributed by atoms with Crippen LogP contribution >= 0.6 is 11.8 Å². The Kier molecular flexibility index (Phi) is 5.13. The molecule has 0 bridgehead atoms. The molecule has 136 valence electrons. The quantitative estimate of drug-likeness (QED) is 0.840. The highest BCUT2D eigenvalue weighted by Crippen LogP contribution is 2.52. The van der Waals surface area contributed by atoms with E-state index in [9.17, 15) is 9.59 Å². The summed E-state index contributed by atoms with van der Waals surface area (Å²) < 4.78 is 10.7. The molecule has 2 atom stereocenters. The largest absolute Gasteiger partial charge is 0.493 e. The standard InChI is InChI=1S/C18H24N2O4S/c1-10(2)7-8-19-16(21)12-9-25-18-11-5-6-13(23-3)15(24-4)14(11)17(22)20(12)18/h5-6,10,12,18H,7-9H2,1-4H3,(H,19,21)/t12-,18+/m0/s1. The smallest absolute Gasteiger partial charge is 0.260 e. The summed E-state index contributed by atoms with van der Waals surface area (Å²) in [5.74, 6) is 1.86. The Balaban J connectivity index is 1.83. The lowest BCUT2D eigenvalue weighted by Gasteiger charge is -2.22. The van der Waals surface area contributed by atoms with Crippen LogP contribution in [0, 0.1) is 5.92 Å². The van der Waals surface area contributed by atoms with Gasteiger partial charge in [0.2, 0.25) is 5.91 Å². The summed E-state index contributed by atoms with van der Waals surface area (Å²) >= 11 is 1.62. The van der Waals surface area contributed by atoms with Crippen LogP contribution < -0.4 is 14.8 Å². The van der Waals surface area contributed by atoms with Crippen molar-refractivity contribution < 1.29 is 19.1 Å². The van der Waals surface area contributed by atoms with Crippen LogP contribution in [-0.4, -0.2) is 49.3 Å². The second-order valence-electron chi connectivity index (χ2n) is 6.65. The third kappa shape index (κ3) is 3.05. The lowest BCUT2D eigenvalue weighted by atomic mass is 10.1. The van der Waals surface area contributed by atoms with Gasteiger partial charge in [0.25, 0.3) is 5.91 Å². The molecule has 1 saturated heterocycles. The van der Waals surface area contributed by atoms with E-state index in [0.29, 0.717) is 35.3 Å². The van der Waals surface area contributed by atoms with Crippen molar-refractivity contribution in [3.05, 3.63) is 23.3 Å². The van der Waals surface area contributed by atoms with Gasteiger partial charge in [-0.2, -0.15) is 0 Å². The number of ether oxygens (including phenoxy) is 2. The molecule has 0 aromatic heterocycles. The lowest BCUT2D eigenvalue weighted by Crippen LogP contribution is -2.46. The molecule has 2 heterocycles. The number of methoxy groups -OCH3 is 2. The number of thioether (sulfide) groups is 1. The van der Waals surface area contributed by atoms with E-state index in [-0.39, 0.29) is 17.2 Å². The van der Waals surface area contributed by atoms with Crippen LogP contribution in [0.5, 0.6) is 11.5 Å². The summed E-state index contributed by atoms with van der Waals surface area (Å²) in [6.07, 6.45) is 0.925. The number of hydrogen-bond donors (Lipinski definition) is 1. The summed E-state index contributed by atoms with van der Waals surface area (Å²) in [4.78, 5) is 27.3. The second kappa shape index (κ2) is 7.15. The highest BCUT2D eigenvalue weighted by Gasteiger charge is 2.50. The molecule has 0 aliphatic carbocycles. The normalized spacial score (nSPS) is 21.3. The van der Waals surface area contributed by atoms with Gasteiger partial charge in [0, 0.05) is 17.9 Å². The van der Waals surface area contributed by atoms with Crippen LogP contribution in [0.1, 0.15) is 41.6 Å². The van der Waals surface area contributed by atoms with Crippen molar-refractivity contribution in [1.82, 2.24) is 10.2 Å². The van der Waals surface area contributed by atoms with Gasteiger partial charge in [-0.15, -0.1) is 11.8 Å². The monoisotopic (exact) mass is 364 g/mol. The maximum Gasteiger partial charge on any atom is 0.260 e. The molecule has 1 aromatic carbocycles. The van der Waals surface area contributed by atoms with Crippen LogP contribution in [0.15, 0.2) is 12.1 Å². The Labute approximate surface area is 152 Å². The molecule has 25 heavy (non-hydrogen) atoms. The van der Waals surface area contributed by atoms with Gasteiger partial charge >= 0.3 is 0 Å². The number of amides is 2. The van der Waals surface area contributed by atoms with E-state index in [0.717, 1.165) is 12.0 Å². The molecule has 2 aliphatic rings. The molecular weight excluding hydrogens is 340 g/mol. The molecule has 1 N–H and O–H groups in total. The van der Waals surface area contributed by atoms with Gasteiger partial charge in [-0.05, 0) is 18.4 Å². The number of nitrogens with zero attached hydrogens (tertiary/aromatic N) is 1. The molecule has 2 amide bonds. The van der Waals surface area contributed by atoms with Crippen LogP contribution in [0.4, 0.5) is 0 Å². The molecule has 3 rings (SSSR count). The van der Waals surface area contributed by atoms with Gasteiger partial charge in [-0.1, -0.05) is 19.9 Å². The average Bonchev–Trinajstić information content (AvgIpc) is 3.14. The fourth-order valence-electron chi connectivity index (χ4n) is 3.30. The van der Waals surface area contributed by atoms with E-state index in [4.69, 9.17) is 9.47 Å². The second-order valence-corrected chi connectivity index (χ2v) is 7.77. The summed E-state index contributed by atoms with van der Waals surface area (Å²) in [6.45, 7) is 4.87. The number of rotatable bonds is 6. The van der Waals surface area contributed by atoms with Gasteiger partial charge in [0.1, 0.15) is 11.4 Å². The van der Waals surface area contributed by atoms with E-state index in [2.05, 4.69) is 19.2 Å². The molecular formula is C18H24N2O4S. The number of carbonyl (C=O) groups excluding carboxylic acids is 2. The fourth-order valence-corrected chi connectivity index (χ4v) is 4.75. The molecule has 0 saturated carbocycles. The molecule has 7 heteroatoms. The van der Waals surface area contributed by atoms with Crippen molar-refractivity contribution in [3.8, 4) is 11.5 Å². The predicted octanol–water partition coefficient (Wildman–Crippen LogP) is 2.44. The summed E-state index contributed by atoms with van der Waals surface area (Å²) in [6, 6.07) is 3.26. The SMILES string of the molecule is COc1ccc2c(c1OC)C(=O)N1[C@@H]2SC[C@H]1C(=O)NCCC(C)C.